The van der Waals surface area contributed by atoms with Gasteiger partial charge >= 0.3 is 5.97 Å². The predicted molar refractivity (Wildman–Crippen MR) is 73.9 cm³/mol. The molecule has 98 valence electrons. The molecule has 2 N–H and O–H groups in total. The van der Waals surface area contributed by atoms with Gasteiger partial charge < -0.3 is 10.5 Å². The number of halogens is 1. The van der Waals surface area contributed by atoms with Gasteiger partial charge in [-0.3, -0.25) is 4.79 Å². The predicted octanol–water partition coefficient (Wildman–Crippen LogP) is 3.01. The zero-order valence-corrected chi connectivity index (χ0v) is 11.9. The van der Waals surface area contributed by atoms with Crippen molar-refractivity contribution >= 4 is 21.9 Å². The zero-order chi connectivity index (χ0) is 13.0. The second kappa shape index (κ2) is 6.34. The molecule has 1 fully saturated rings. The summed E-state index contributed by atoms with van der Waals surface area (Å²) in [6.45, 7) is 0.309. The largest absolute Gasteiger partial charge is 0.461 e. The summed E-state index contributed by atoms with van der Waals surface area (Å²) in [6.07, 6.45) is 3.97. The Kier molecular flexibility index (Phi) is 4.78. The van der Waals surface area contributed by atoms with E-state index in [-0.39, 0.29) is 17.9 Å². The van der Waals surface area contributed by atoms with E-state index in [0.717, 1.165) is 35.7 Å². The van der Waals surface area contributed by atoms with Gasteiger partial charge in [-0.2, -0.15) is 0 Å². The average molecular weight is 312 g/mol. The van der Waals surface area contributed by atoms with Gasteiger partial charge in [0.2, 0.25) is 0 Å². The summed E-state index contributed by atoms with van der Waals surface area (Å²) in [5.74, 6) is -0.279. The van der Waals surface area contributed by atoms with Crippen LogP contribution in [0.15, 0.2) is 28.7 Å². The minimum Gasteiger partial charge on any atom is -0.461 e. The SMILES string of the molecule is NC1CCCCC1C(=O)OCc1ccccc1Br. The smallest absolute Gasteiger partial charge is 0.310 e. The first kappa shape index (κ1) is 13.6. The lowest BCUT2D eigenvalue weighted by atomic mass is 9.85. The molecule has 1 saturated carbocycles. The van der Waals surface area contributed by atoms with Crippen molar-refractivity contribution in [2.45, 2.75) is 38.3 Å². The van der Waals surface area contributed by atoms with E-state index >= 15 is 0 Å². The topological polar surface area (TPSA) is 52.3 Å². The molecule has 0 amide bonds. The molecule has 2 atom stereocenters. The Hall–Kier alpha value is -0.870. The van der Waals surface area contributed by atoms with Crippen LogP contribution in [0.5, 0.6) is 0 Å². The first-order valence-electron chi connectivity index (χ1n) is 6.34. The van der Waals surface area contributed by atoms with Crippen LogP contribution in [0.25, 0.3) is 0 Å². The van der Waals surface area contributed by atoms with Gasteiger partial charge in [-0.15, -0.1) is 0 Å². The Morgan fingerprint density at radius 1 is 1.33 bits per heavy atom. The summed E-state index contributed by atoms with van der Waals surface area (Å²) in [5, 5.41) is 0. The summed E-state index contributed by atoms with van der Waals surface area (Å²) < 4.78 is 6.33. The molecular formula is C14H18BrNO2. The van der Waals surface area contributed by atoms with Gasteiger partial charge in [0.25, 0.3) is 0 Å². The molecular weight excluding hydrogens is 294 g/mol. The van der Waals surface area contributed by atoms with Gasteiger partial charge in [0.05, 0.1) is 5.92 Å². The Balaban J connectivity index is 1.90. The summed E-state index contributed by atoms with van der Waals surface area (Å²) in [5.41, 5.74) is 6.95. The molecule has 1 aromatic carbocycles. The molecule has 0 aromatic heterocycles. The van der Waals surface area contributed by atoms with Gasteiger partial charge in [-0.25, -0.2) is 0 Å². The highest BCUT2D eigenvalue weighted by Crippen LogP contribution is 2.25. The molecule has 4 heteroatoms. The van der Waals surface area contributed by atoms with Gasteiger partial charge in [0.1, 0.15) is 6.61 Å². The lowest BCUT2D eigenvalue weighted by molar-refractivity contribution is -0.151. The van der Waals surface area contributed by atoms with Crippen molar-refractivity contribution in [3.63, 3.8) is 0 Å². The van der Waals surface area contributed by atoms with Crippen LogP contribution in [0, 0.1) is 5.92 Å². The first-order chi connectivity index (χ1) is 8.68. The Morgan fingerprint density at radius 2 is 2.06 bits per heavy atom. The maximum absolute atomic E-state index is 12.0. The van der Waals surface area contributed by atoms with Gasteiger partial charge in [0, 0.05) is 16.1 Å². The fraction of sp³-hybridized carbons (Fsp3) is 0.500. The second-order valence-corrected chi connectivity index (χ2v) is 5.61. The molecule has 0 spiro atoms. The minimum atomic E-state index is -0.155. The summed E-state index contributed by atoms with van der Waals surface area (Å²) >= 11 is 3.44. The number of ether oxygens (including phenoxy) is 1. The first-order valence-corrected chi connectivity index (χ1v) is 7.13. The van der Waals surface area contributed by atoms with Crippen molar-refractivity contribution in [1.29, 1.82) is 0 Å². The van der Waals surface area contributed by atoms with E-state index in [0.29, 0.717) is 6.61 Å². The molecule has 0 bridgehead atoms. The van der Waals surface area contributed by atoms with Gasteiger partial charge in [-0.05, 0) is 18.9 Å². The number of rotatable bonds is 3. The highest BCUT2D eigenvalue weighted by atomic mass is 79.9. The van der Waals surface area contributed by atoms with E-state index in [1.54, 1.807) is 0 Å². The number of benzene rings is 1. The second-order valence-electron chi connectivity index (χ2n) is 4.75. The fourth-order valence-electron chi connectivity index (χ4n) is 2.32. The van der Waals surface area contributed by atoms with E-state index in [1.807, 2.05) is 24.3 Å². The molecule has 0 heterocycles. The molecule has 18 heavy (non-hydrogen) atoms. The zero-order valence-electron chi connectivity index (χ0n) is 10.3. The standard InChI is InChI=1S/C14H18BrNO2/c15-12-7-3-1-5-10(12)9-18-14(17)11-6-2-4-8-13(11)16/h1,3,5,7,11,13H,2,4,6,8-9,16H2. The molecule has 0 saturated heterocycles. The maximum atomic E-state index is 12.0. The summed E-state index contributed by atoms with van der Waals surface area (Å²) in [7, 11) is 0. The van der Waals surface area contributed by atoms with Crippen LogP contribution < -0.4 is 5.73 Å². The highest BCUT2D eigenvalue weighted by molar-refractivity contribution is 9.10. The fourth-order valence-corrected chi connectivity index (χ4v) is 2.72. The average Bonchev–Trinajstić information content (AvgIpc) is 2.38. The van der Waals surface area contributed by atoms with Crippen molar-refractivity contribution in [2.75, 3.05) is 0 Å². The molecule has 1 aromatic rings. The van der Waals surface area contributed by atoms with E-state index in [4.69, 9.17) is 10.5 Å². The Morgan fingerprint density at radius 3 is 2.78 bits per heavy atom. The monoisotopic (exact) mass is 311 g/mol. The maximum Gasteiger partial charge on any atom is 0.310 e. The van der Waals surface area contributed by atoms with Crippen LogP contribution in [0.3, 0.4) is 0 Å². The van der Waals surface area contributed by atoms with E-state index in [9.17, 15) is 4.79 Å². The molecule has 3 nitrogen and oxygen atoms in total. The Bertz CT molecular complexity index is 422. The third-order valence-corrected chi connectivity index (χ3v) is 4.22. The highest BCUT2D eigenvalue weighted by Gasteiger charge is 2.29. The van der Waals surface area contributed by atoms with Crippen LogP contribution in [0.2, 0.25) is 0 Å². The molecule has 1 aliphatic carbocycles. The quantitative estimate of drug-likeness (QED) is 0.873. The Labute approximate surface area is 116 Å². The van der Waals surface area contributed by atoms with E-state index < -0.39 is 0 Å². The van der Waals surface area contributed by atoms with Crippen molar-refractivity contribution in [2.24, 2.45) is 11.7 Å². The number of hydrogen-bond acceptors (Lipinski definition) is 3. The lowest BCUT2D eigenvalue weighted by Crippen LogP contribution is -2.38. The number of carbonyl (C=O) groups excluding carboxylic acids is 1. The summed E-state index contributed by atoms with van der Waals surface area (Å²) in [6, 6.07) is 7.71. The molecule has 2 rings (SSSR count). The molecule has 2 unspecified atom stereocenters. The van der Waals surface area contributed by atoms with Crippen molar-refractivity contribution in [3.8, 4) is 0 Å². The lowest BCUT2D eigenvalue weighted by Gasteiger charge is -2.26. The van der Waals surface area contributed by atoms with Crippen molar-refractivity contribution < 1.29 is 9.53 Å². The number of carbonyl (C=O) groups is 1. The molecule has 1 aliphatic rings. The van der Waals surface area contributed by atoms with Crippen LogP contribution >= 0.6 is 15.9 Å². The van der Waals surface area contributed by atoms with Crippen molar-refractivity contribution in [1.82, 2.24) is 0 Å². The van der Waals surface area contributed by atoms with Crippen molar-refractivity contribution in [3.05, 3.63) is 34.3 Å². The normalized spacial score (nSPS) is 23.7. The van der Waals surface area contributed by atoms with Crippen LogP contribution in [0.1, 0.15) is 31.2 Å². The van der Waals surface area contributed by atoms with Gasteiger partial charge in [-0.1, -0.05) is 47.0 Å². The number of hydrogen-bond donors (Lipinski definition) is 1. The molecule has 0 radical (unpaired) electrons. The van der Waals surface area contributed by atoms with Crippen LogP contribution in [-0.4, -0.2) is 12.0 Å². The number of esters is 1. The number of nitrogens with two attached hydrogens (primary N) is 1. The van der Waals surface area contributed by atoms with E-state index in [1.165, 1.54) is 0 Å². The summed E-state index contributed by atoms with van der Waals surface area (Å²) in [4.78, 5) is 12.0. The van der Waals surface area contributed by atoms with E-state index in [2.05, 4.69) is 15.9 Å². The van der Waals surface area contributed by atoms with Crippen LogP contribution in [-0.2, 0) is 16.1 Å². The van der Waals surface area contributed by atoms with Crippen LogP contribution in [0.4, 0.5) is 0 Å². The molecule has 0 aliphatic heterocycles. The third kappa shape index (κ3) is 3.33. The van der Waals surface area contributed by atoms with Gasteiger partial charge in [0.15, 0.2) is 0 Å². The minimum absolute atomic E-state index is 0.0366. The third-order valence-electron chi connectivity index (χ3n) is 3.45.